The molecule has 1 heterocycles. The van der Waals surface area contributed by atoms with Crippen molar-refractivity contribution in [3.05, 3.63) is 30.1 Å². The lowest BCUT2D eigenvalue weighted by Gasteiger charge is -2.26. The average Bonchev–Trinajstić information content (AvgIpc) is 2.19. The molecule has 0 aliphatic carbocycles. The van der Waals surface area contributed by atoms with Crippen LogP contribution in [0.2, 0.25) is 0 Å². The van der Waals surface area contributed by atoms with Gasteiger partial charge < -0.3 is 10.2 Å². The van der Waals surface area contributed by atoms with Gasteiger partial charge in [0.15, 0.2) is 0 Å². The monoisotopic (exact) mass is 269 g/mol. The molecule has 2 N–H and O–H groups in total. The number of aliphatic hydroxyl groups excluding tert-OH is 2. The molecule has 0 aromatic carbocycles. The molecule has 0 saturated carbocycles. The van der Waals surface area contributed by atoms with E-state index in [1.165, 1.54) is 0 Å². The van der Waals surface area contributed by atoms with E-state index in [0.29, 0.717) is 5.56 Å². The van der Waals surface area contributed by atoms with E-state index in [9.17, 15) is 5.11 Å². The van der Waals surface area contributed by atoms with Crippen molar-refractivity contribution in [1.29, 1.82) is 0 Å². The molecule has 0 bridgehead atoms. The van der Waals surface area contributed by atoms with E-state index in [0.717, 1.165) is 0 Å². The molecular formula is C9H10Cl3NO2. The number of hydrogen-bond donors (Lipinski definition) is 2. The third-order valence-corrected chi connectivity index (χ3v) is 2.72. The van der Waals surface area contributed by atoms with E-state index in [-0.39, 0.29) is 6.61 Å². The second kappa shape index (κ2) is 5.32. The summed E-state index contributed by atoms with van der Waals surface area (Å²) in [5.74, 6) is -0.638. The molecule has 2 atom stereocenters. The highest BCUT2D eigenvalue weighted by atomic mass is 35.6. The van der Waals surface area contributed by atoms with Crippen LogP contribution in [0.15, 0.2) is 24.5 Å². The van der Waals surface area contributed by atoms with E-state index in [2.05, 4.69) is 4.98 Å². The van der Waals surface area contributed by atoms with Crippen molar-refractivity contribution in [2.45, 2.75) is 15.8 Å². The molecule has 6 heteroatoms. The maximum atomic E-state index is 9.72. The zero-order valence-electron chi connectivity index (χ0n) is 7.65. The van der Waals surface area contributed by atoms with Gasteiger partial charge in [0.1, 0.15) is 6.10 Å². The second-order valence-corrected chi connectivity index (χ2v) is 5.43. The summed E-state index contributed by atoms with van der Waals surface area (Å²) in [6.45, 7) is -0.306. The zero-order valence-corrected chi connectivity index (χ0v) is 9.91. The van der Waals surface area contributed by atoms with E-state index < -0.39 is 15.8 Å². The van der Waals surface area contributed by atoms with Crippen LogP contribution in [0.3, 0.4) is 0 Å². The molecule has 0 aliphatic rings. The fourth-order valence-electron chi connectivity index (χ4n) is 1.23. The number of rotatable bonds is 3. The molecule has 1 aromatic rings. The molecule has 1 aromatic heterocycles. The van der Waals surface area contributed by atoms with Gasteiger partial charge in [0.25, 0.3) is 0 Å². The van der Waals surface area contributed by atoms with Crippen molar-refractivity contribution in [3.8, 4) is 0 Å². The summed E-state index contributed by atoms with van der Waals surface area (Å²) < 4.78 is -1.82. The first-order valence-corrected chi connectivity index (χ1v) is 5.35. The minimum Gasteiger partial charge on any atom is -0.396 e. The molecule has 2 unspecified atom stereocenters. The van der Waals surface area contributed by atoms with Crippen LogP contribution in [0.5, 0.6) is 0 Å². The average molecular weight is 271 g/mol. The Kier molecular flexibility index (Phi) is 4.62. The fraction of sp³-hybridized carbons (Fsp3) is 0.444. The Morgan fingerprint density at radius 3 is 2.20 bits per heavy atom. The molecule has 84 valence electrons. The first-order chi connectivity index (χ1) is 6.96. The van der Waals surface area contributed by atoms with Crippen LogP contribution in [-0.4, -0.2) is 31.7 Å². The number of halogens is 3. The molecule has 0 radical (unpaired) electrons. The third kappa shape index (κ3) is 3.47. The summed E-state index contributed by atoms with van der Waals surface area (Å²) in [5, 5.41) is 18.9. The van der Waals surface area contributed by atoms with E-state index in [1.807, 2.05) is 0 Å². The first kappa shape index (κ1) is 13.0. The number of nitrogens with zero attached hydrogens (tertiary/aromatic N) is 1. The molecule has 15 heavy (non-hydrogen) atoms. The highest BCUT2D eigenvalue weighted by molar-refractivity contribution is 6.68. The van der Waals surface area contributed by atoms with Crippen LogP contribution in [0.1, 0.15) is 11.5 Å². The fourth-order valence-corrected chi connectivity index (χ4v) is 1.68. The van der Waals surface area contributed by atoms with Crippen LogP contribution in [0, 0.1) is 0 Å². The van der Waals surface area contributed by atoms with Gasteiger partial charge in [0, 0.05) is 18.3 Å². The van der Waals surface area contributed by atoms with Gasteiger partial charge >= 0.3 is 0 Å². The largest absolute Gasteiger partial charge is 0.396 e. The Bertz CT molecular complexity index is 302. The molecular weight excluding hydrogens is 260 g/mol. The van der Waals surface area contributed by atoms with Gasteiger partial charge in [-0.2, -0.15) is 0 Å². The SMILES string of the molecule is OCC(c1ccncc1)C(O)C(Cl)(Cl)Cl. The topological polar surface area (TPSA) is 53.4 Å². The van der Waals surface area contributed by atoms with Gasteiger partial charge in [-0.25, -0.2) is 0 Å². The van der Waals surface area contributed by atoms with Gasteiger partial charge in [-0.15, -0.1) is 0 Å². The summed E-state index contributed by atoms with van der Waals surface area (Å²) in [7, 11) is 0. The van der Waals surface area contributed by atoms with Crippen molar-refractivity contribution in [3.63, 3.8) is 0 Å². The number of aliphatic hydroxyl groups is 2. The Balaban J connectivity index is 2.90. The quantitative estimate of drug-likeness (QED) is 0.825. The summed E-state index contributed by atoms with van der Waals surface area (Å²) >= 11 is 16.7. The summed E-state index contributed by atoms with van der Waals surface area (Å²) in [6.07, 6.45) is 1.82. The Morgan fingerprint density at radius 1 is 1.27 bits per heavy atom. The lowest BCUT2D eigenvalue weighted by molar-refractivity contribution is 0.109. The van der Waals surface area contributed by atoms with Crippen LogP contribution in [0.25, 0.3) is 0 Å². The first-order valence-electron chi connectivity index (χ1n) is 4.22. The van der Waals surface area contributed by atoms with Crippen LogP contribution < -0.4 is 0 Å². The minimum atomic E-state index is -1.82. The normalized spacial score (nSPS) is 16.1. The smallest absolute Gasteiger partial charge is 0.216 e. The predicted octanol–water partition coefficient (Wildman–Crippen LogP) is 1.89. The van der Waals surface area contributed by atoms with Gasteiger partial charge in [-0.05, 0) is 17.7 Å². The maximum Gasteiger partial charge on any atom is 0.216 e. The number of pyridine rings is 1. The number of aromatic nitrogens is 1. The van der Waals surface area contributed by atoms with E-state index in [1.54, 1.807) is 24.5 Å². The molecule has 0 aliphatic heterocycles. The molecule has 0 fully saturated rings. The predicted molar refractivity (Wildman–Crippen MR) is 60.4 cm³/mol. The maximum absolute atomic E-state index is 9.72. The lowest BCUT2D eigenvalue weighted by Crippen LogP contribution is -2.34. The van der Waals surface area contributed by atoms with Crippen molar-refractivity contribution >= 4 is 34.8 Å². The van der Waals surface area contributed by atoms with Crippen LogP contribution in [0.4, 0.5) is 0 Å². The minimum absolute atomic E-state index is 0.306. The van der Waals surface area contributed by atoms with Crippen molar-refractivity contribution < 1.29 is 10.2 Å². The van der Waals surface area contributed by atoms with Crippen molar-refractivity contribution in [1.82, 2.24) is 4.98 Å². The molecule has 0 spiro atoms. The van der Waals surface area contributed by atoms with Crippen LogP contribution >= 0.6 is 34.8 Å². The number of hydrogen-bond acceptors (Lipinski definition) is 3. The summed E-state index contributed by atoms with van der Waals surface area (Å²) in [5.41, 5.74) is 0.673. The second-order valence-electron chi connectivity index (χ2n) is 3.06. The zero-order chi connectivity index (χ0) is 11.5. The molecule has 3 nitrogen and oxygen atoms in total. The third-order valence-electron chi connectivity index (χ3n) is 2.05. The summed E-state index contributed by atoms with van der Waals surface area (Å²) in [4.78, 5) is 3.82. The van der Waals surface area contributed by atoms with E-state index in [4.69, 9.17) is 39.9 Å². The Morgan fingerprint density at radius 2 is 1.80 bits per heavy atom. The van der Waals surface area contributed by atoms with Crippen molar-refractivity contribution in [2.24, 2.45) is 0 Å². The van der Waals surface area contributed by atoms with E-state index >= 15 is 0 Å². The molecule has 1 rings (SSSR count). The Hall–Kier alpha value is -0.0600. The van der Waals surface area contributed by atoms with Crippen molar-refractivity contribution in [2.75, 3.05) is 6.61 Å². The standard InChI is InChI=1S/C9H10Cl3NO2/c10-9(11,12)8(15)7(5-14)6-1-3-13-4-2-6/h1-4,7-8,14-15H,5H2. The highest BCUT2D eigenvalue weighted by Gasteiger charge is 2.37. The van der Waals surface area contributed by atoms with Gasteiger partial charge in [-0.3, -0.25) is 4.98 Å². The van der Waals surface area contributed by atoms with Gasteiger partial charge in [-0.1, -0.05) is 34.8 Å². The summed E-state index contributed by atoms with van der Waals surface area (Å²) in [6, 6.07) is 3.31. The molecule has 0 saturated heterocycles. The number of alkyl halides is 3. The molecule has 0 amide bonds. The van der Waals surface area contributed by atoms with Gasteiger partial charge in [0.2, 0.25) is 3.79 Å². The van der Waals surface area contributed by atoms with Gasteiger partial charge in [0.05, 0.1) is 6.61 Å². The highest BCUT2D eigenvalue weighted by Crippen LogP contribution is 2.37. The van der Waals surface area contributed by atoms with Crippen LogP contribution in [-0.2, 0) is 0 Å². The Labute approximate surface area is 103 Å². The lowest BCUT2D eigenvalue weighted by atomic mass is 9.96.